The van der Waals surface area contributed by atoms with Crippen molar-refractivity contribution in [3.8, 4) is 0 Å². The summed E-state index contributed by atoms with van der Waals surface area (Å²) in [5, 5.41) is 3.46. The Hall–Kier alpha value is -0.370. The van der Waals surface area contributed by atoms with Gasteiger partial charge in [-0.25, -0.2) is 0 Å². The topological polar surface area (TPSA) is 29.1 Å². The van der Waals surface area contributed by atoms with Crippen LogP contribution in [0.4, 0.5) is 0 Å². The summed E-state index contributed by atoms with van der Waals surface area (Å²) in [4.78, 5) is 12.5. The Morgan fingerprint density at radius 3 is 2.88 bits per heavy atom. The van der Waals surface area contributed by atoms with E-state index in [1.165, 1.54) is 12.8 Å². The fourth-order valence-electron chi connectivity index (χ4n) is 5.02. The summed E-state index contributed by atoms with van der Waals surface area (Å²) in [6.07, 6.45) is 4.83. The van der Waals surface area contributed by atoms with Crippen LogP contribution in [-0.2, 0) is 4.79 Å². The third-order valence-electron chi connectivity index (χ3n) is 5.73. The van der Waals surface area contributed by atoms with Gasteiger partial charge in [-0.2, -0.15) is 0 Å². The first-order chi connectivity index (χ1) is 7.52. The second-order valence-electron chi connectivity index (χ2n) is 6.74. The summed E-state index contributed by atoms with van der Waals surface area (Å²) in [6, 6.07) is 0.187. The number of hydrogen-bond donors (Lipinski definition) is 1. The molecule has 0 aromatic carbocycles. The molecule has 0 bridgehead atoms. The summed E-state index contributed by atoms with van der Waals surface area (Å²) >= 11 is 0. The van der Waals surface area contributed by atoms with E-state index in [0.717, 1.165) is 25.3 Å². The van der Waals surface area contributed by atoms with E-state index in [0.29, 0.717) is 11.7 Å². The van der Waals surface area contributed by atoms with Gasteiger partial charge in [0.1, 0.15) is 0 Å². The minimum atomic E-state index is 0.0456. The molecule has 0 spiro atoms. The van der Waals surface area contributed by atoms with Gasteiger partial charge in [-0.15, -0.1) is 0 Å². The van der Waals surface area contributed by atoms with Gasteiger partial charge >= 0.3 is 0 Å². The predicted octanol–water partition coefficient (Wildman–Crippen LogP) is 2.38. The van der Waals surface area contributed by atoms with Gasteiger partial charge in [-0.3, -0.25) is 4.79 Å². The number of nitrogens with one attached hydrogen (secondary N) is 1. The monoisotopic (exact) mass is 221 g/mol. The maximum Gasteiger partial charge on any atom is 0.157 e. The summed E-state index contributed by atoms with van der Waals surface area (Å²) < 4.78 is 0. The molecule has 1 aliphatic heterocycles. The molecule has 90 valence electrons. The molecule has 4 unspecified atom stereocenters. The van der Waals surface area contributed by atoms with E-state index in [2.05, 4.69) is 26.1 Å². The Morgan fingerprint density at radius 1 is 1.44 bits per heavy atom. The van der Waals surface area contributed by atoms with Crippen LogP contribution in [0.5, 0.6) is 0 Å². The maximum absolute atomic E-state index is 12.5. The SMILES string of the molecule is CC(C)CC12CCC3CCNC(C1=O)C32C. The molecule has 0 amide bonds. The van der Waals surface area contributed by atoms with E-state index in [-0.39, 0.29) is 16.9 Å². The summed E-state index contributed by atoms with van der Waals surface area (Å²) in [5.74, 6) is 1.98. The Kier molecular flexibility index (Phi) is 2.08. The van der Waals surface area contributed by atoms with Crippen molar-refractivity contribution in [2.45, 2.75) is 52.5 Å². The second kappa shape index (κ2) is 3.10. The molecule has 0 aromatic rings. The van der Waals surface area contributed by atoms with Crippen LogP contribution < -0.4 is 5.32 Å². The number of ketones is 1. The quantitative estimate of drug-likeness (QED) is 0.775. The standard InChI is InChI=1S/C14H23NO/c1-9(2)8-14-6-4-10-5-7-15-11(12(14)16)13(10,14)3/h9-11,15H,4-8H2,1-3H3. The van der Waals surface area contributed by atoms with Crippen LogP contribution in [0, 0.1) is 22.7 Å². The zero-order valence-electron chi connectivity index (χ0n) is 10.7. The maximum atomic E-state index is 12.5. The number of hydrogen-bond acceptors (Lipinski definition) is 2. The van der Waals surface area contributed by atoms with Gasteiger partial charge in [0.25, 0.3) is 0 Å². The number of carbonyl (C=O) groups excluding carboxylic acids is 1. The third-order valence-corrected chi connectivity index (χ3v) is 5.73. The van der Waals surface area contributed by atoms with Crippen LogP contribution >= 0.6 is 0 Å². The molecule has 0 aromatic heterocycles. The first kappa shape index (κ1) is 10.8. The second-order valence-corrected chi connectivity index (χ2v) is 6.74. The summed E-state index contributed by atoms with van der Waals surface area (Å²) in [6.45, 7) is 7.93. The summed E-state index contributed by atoms with van der Waals surface area (Å²) in [7, 11) is 0. The highest BCUT2D eigenvalue weighted by Crippen LogP contribution is 2.70. The Morgan fingerprint density at radius 2 is 2.19 bits per heavy atom. The molecular weight excluding hydrogens is 198 g/mol. The Bertz CT molecular complexity index is 338. The molecule has 2 nitrogen and oxygen atoms in total. The number of Topliss-reactive ketones (excluding diaryl/α,β-unsaturated/α-hetero) is 1. The lowest BCUT2D eigenvalue weighted by atomic mass is 9.43. The van der Waals surface area contributed by atoms with Crippen molar-refractivity contribution < 1.29 is 4.79 Å². The lowest BCUT2D eigenvalue weighted by molar-refractivity contribution is -0.174. The van der Waals surface area contributed by atoms with Crippen molar-refractivity contribution in [2.75, 3.05) is 6.54 Å². The highest BCUT2D eigenvalue weighted by Gasteiger charge is 2.74. The van der Waals surface area contributed by atoms with Crippen molar-refractivity contribution in [2.24, 2.45) is 22.7 Å². The molecule has 2 aliphatic carbocycles. The van der Waals surface area contributed by atoms with Gasteiger partial charge in [0.2, 0.25) is 0 Å². The van der Waals surface area contributed by atoms with E-state index in [4.69, 9.17) is 0 Å². The van der Waals surface area contributed by atoms with Crippen LogP contribution in [0.1, 0.15) is 46.5 Å². The molecule has 1 N–H and O–H groups in total. The van der Waals surface area contributed by atoms with E-state index in [1.807, 2.05) is 0 Å². The van der Waals surface area contributed by atoms with Gasteiger partial charge in [0.15, 0.2) is 5.78 Å². The van der Waals surface area contributed by atoms with Crippen molar-refractivity contribution in [3.05, 3.63) is 0 Å². The van der Waals surface area contributed by atoms with E-state index in [1.54, 1.807) is 0 Å². The average molecular weight is 221 g/mol. The van der Waals surface area contributed by atoms with Gasteiger partial charge in [-0.05, 0) is 44.1 Å². The van der Waals surface area contributed by atoms with E-state index in [9.17, 15) is 4.79 Å². The largest absolute Gasteiger partial charge is 0.307 e. The van der Waals surface area contributed by atoms with Crippen LogP contribution in [0.2, 0.25) is 0 Å². The lowest BCUT2D eigenvalue weighted by Gasteiger charge is -2.63. The molecular formula is C14H23NO. The highest BCUT2D eigenvalue weighted by atomic mass is 16.1. The first-order valence-electron chi connectivity index (χ1n) is 6.80. The number of carbonyl (C=O) groups is 1. The zero-order chi connectivity index (χ0) is 11.6. The molecule has 3 rings (SSSR count). The van der Waals surface area contributed by atoms with Gasteiger partial charge in [0, 0.05) is 10.8 Å². The minimum Gasteiger partial charge on any atom is -0.307 e. The van der Waals surface area contributed by atoms with Crippen molar-refractivity contribution in [3.63, 3.8) is 0 Å². The highest BCUT2D eigenvalue weighted by molar-refractivity contribution is 5.99. The van der Waals surface area contributed by atoms with Gasteiger partial charge < -0.3 is 5.32 Å². The van der Waals surface area contributed by atoms with Gasteiger partial charge in [-0.1, -0.05) is 20.8 Å². The molecule has 16 heavy (non-hydrogen) atoms. The Labute approximate surface area is 98.2 Å². The lowest BCUT2D eigenvalue weighted by Crippen LogP contribution is -2.75. The molecule has 2 saturated carbocycles. The average Bonchev–Trinajstić information content (AvgIpc) is 2.52. The molecule has 4 atom stereocenters. The third kappa shape index (κ3) is 0.958. The molecule has 1 heterocycles. The zero-order valence-corrected chi connectivity index (χ0v) is 10.7. The first-order valence-corrected chi connectivity index (χ1v) is 6.80. The van der Waals surface area contributed by atoms with Crippen LogP contribution in [0.15, 0.2) is 0 Å². The van der Waals surface area contributed by atoms with Crippen LogP contribution in [0.25, 0.3) is 0 Å². The molecule has 1 saturated heterocycles. The van der Waals surface area contributed by atoms with Gasteiger partial charge in [0.05, 0.1) is 6.04 Å². The van der Waals surface area contributed by atoms with Crippen molar-refractivity contribution in [1.82, 2.24) is 5.32 Å². The molecule has 2 heteroatoms. The molecule has 0 radical (unpaired) electrons. The summed E-state index contributed by atoms with van der Waals surface area (Å²) in [5.41, 5.74) is 0.330. The fraction of sp³-hybridized carbons (Fsp3) is 0.929. The van der Waals surface area contributed by atoms with E-state index < -0.39 is 0 Å². The normalized spacial score (nSPS) is 50.4. The Balaban J connectivity index is 1.98. The van der Waals surface area contributed by atoms with Crippen LogP contribution in [0.3, 0.4) is 0 Å². The minimum absolute atomic E-state index is 0.0456. The molecule has 3 aliphatic rings. The van der Waals surface area contributed by atoms with E-state index >= 15 is 0 Å². The predicted molar refractivity (Wildman–Crippen MR) is 64.1 cm³/mol. The van der Waals surface area contributed by atoms with Crippen LogP contribution in [-0.4, -0.2) is 18.4 Å². The fourth-order valence-corrected chi connectivity index (χ4v) is 5.02. The number of rotatable bonds is 2. The number of piperidine rings is 1. The van der Waals surface area contributed by atoms with Crippen molar-refractivity contribution >= 4 is 5.78 Å². The molecule has 3 fully saturated rings. The van der Waals surface area contributed by atoms with Crippen molar-refractivity contribution in [1.29, 1.82) is 0 Å². The smallest absolute Gasteiger partial charge is 0.157 e.